The van der Waals surface area contributed by atoms with Crippen molar-refractivity contribution in [2.24, 2.45) is 5.73 Å². The van der Waals surface area contributed by atoms with Gasteiger partial charge in [-0.1, -0.05) is 34.5 Å². The standard InChI is InChI=1S/C20H17Cl2N5OS.ClH/c21-10-1-2-15-13(5-10)12-3-4-27(9-16(12)25-15)20-26-19-14(22)6-11(7-17(19)29-20)24-18(28)8-23;/h1-2,5-7,25H,3-4,8-9,23H2,(H,24,28);1H. The maximum absolute atomic E-state index is 11.6. The molecular formula is C20H18Cl3N5OS. The first kappa shape index (κ1) is 21.2. The number of thiazole rings is 1. The number of carbonyl (C=O) groups is 1. The second-order valence-corrected chi connectivity index (χ2v) is 8.85. The summed E-state index contributed by atoms with van der Waals surface area (Å²) in [6.07, 6.45) is 0.914. The molecule has 0 unspecified atom stereocenters. The number of nitrogens with zero attached hydrogens (tertiary/aromatic N) is 2. The molecule has 156 valence electrons. The molecule has 0 atom stereocenters. The van der Waals surface area contributed by atoms with Crippen LogP contribution in [0, 0.1) is 0 Å². The predicted molar refractivity (Wildman–Crippen MR) is 128 cm³/mol. The maximum Gasteiger partial charge on any atom is 0.238 e. The van der Waals surface area contributed by atoms with E-state index in [1.54, 1.807) is 17.4 Å². The molecule has 2 aromatic carbocycles. The predicted octanol–water partition coefficient (Wildman–Crippen LogP) is 4.97. The Morgan fingerprint density at radius 2 is 2.13 bits per heavy atom. The Hall–Kier alpha value is -2.03. The van der Waals surface area contributed by atoms with E-state index in [1.807, 2.05) is 24.3 Å². The van der Waals surface area contributed by atoms with Crippen LogP contribution in [0.5, 0.6) is 0 Å². The van der Waals surface area contributed by atoms with E-state index in [2.05, 4.69) is 15.2 Å². The molecule has 4 N–H and O–H groups in total. The van der Waals surface area contributed by atoms with E-state index >= 15 is 0 Å². The molecular weight excluding hydrogens is 465 g/mol. The Kier molecular flexibility index (Phi) is 5.83. The molecule has 2 aromatic heterocycles. The van der Waals surface area contributed by atoms with Gasteiger partial charge >= 0.3 is 0 Å². The molecule has 10 heteroatoms. The number of rotatable bonds is 3. The van der Waals surface area contributed by atoms with Crippen molar-refractivity contribution < 1.29 is 4.79 Å². The fourth-order valence-corrected chi connectivity index (χ4v) is 5.32. The highest BCUT2D eigenvalue weighted by molar-refractivity contribution is 7.22. The van der Waals surface area contributed by atoms with Gasteiger partial charge in [0.1, 0.15) is 5.52 Å². The molecule has 6 nitrogen and oxygen atoms in total. The molecule has 0 bridgehead atoms. The molecule has 3 heterocycles. The second-order valence-electron chi connectivity index (χ2n) is 7.00. The fourth-order valence-electron chi connectivity index (χ4n) is 3.77. The smallest absolute Gasteiger partial charge is 0.238 e. The Balaban J connectivity index is 0.00000218. The number of amides is 1. The number of nitrogens with two attached hydrogens (primary N) is 1. The lowest BCUT2D eigenvalue weighted by Crippen LogP contribution is -2.29. The van der Waals surface area contributed by atoms with E-state index in [0.29, 0.717) is 10.7 Å². The van der Waals surface area contributed by atoms with Crippen molar-refractivity contribution in [2.75, 3.05) is 23.3 Å². The summed E-state index contributed by atoms with van der Waals surface area (Å²) in [7, 11) is 0. The summed E-state index contributed by atoms with van der Waals surface area (Å²) >= 11 is 14.2. The lowest BCUT2D eigenvalue weighted by Gasteiger charge is -2.26. The number of anilines is 2. The average molecular weight is 483 g/mol. The minimum absolute atomic E-state index is 0. The average Bonchev–Trinajstić information content (AvgIpc) is 3.29. The number of benzene rings is 2. The minimum Gasteiger partial charge on any atom is -0.357 e. The zero-order chi connectivity index (χ0) is 20.1. The van der Waals surface area contributed by atoms with Gasteiger partial charge in [0.25, 0.3) is 0 Å². The number of halogens is 3. The summed E-state index contributed by atoms with van der Waals surface area (Å²) < 4.78 is 0.925. The van der Waals surface area contributed by atoms with Gasteiger partial charge in [-0.05, 0) is 42.3 Å². The molecule has 0 radical (unpaired) electrons. The monoisotopic (exact) mass is 481 g/mol. The van der Waals surface area contributed by atoms with Crippen LogP contribution < -0.4 is 16.0 Å². The molecule has 0 spiro atoms. The van der Waals surface area contributed by atoms with Gasteiger partial charge in [-0.3, -0.25) is 4.79 Å². The molecule has 1 aliphatic rings. The third-order valence-electron chi connectivity index (χ3n) is 5.11. The van der Waals surface area contributed by atoms with Crippen LogP contribution in [0.1, 0.15) is 11.3 Å². The van der Waals surface area contributed by atoms with Gasteiger partial charge in [0.2, 0.25) is 5.91 Å². The number of H-pyrrole nitrogens is 1. The lowest BCUT2D eigenvalue weighted by molar-refractivity contribution is -0.114. The Bertz CT molecular complexity index is 1270. The maximum atomic E-state index is 11.6. The normalized spacial score (nSPS) is 13.4. The van der Waals surface area contributed by atoms with Gasteiger partial charge in [-0.25, -0.2) is 4.98 Å². The van der Waals surface area contributed by atoms with Gasteiger partial charge in [-0.2, -0.15) is 0 Å². The van der Waals surface area contributed by atoms with Crippen molar-refractivity contribution in [2.45, 2.75) is 13.0 Å². The molecule has 4 aromatic rings. The third kappa shape index (κ3) is 3.72. The summed E-state index contributed by atoms with van der Waals surface area (Å²) in [5.74, 6) is -0.257. The molecule has 1 amide bonds. The van der Waals surface area contributed by atoms with Gasteiger partial charge in [0, 0.05) is 33.9 Å². The summed E-state index contributed by atoms with van der Waals surface area (Å²) in [5, 5.41) is 6.11. The third-order valence-corrected chi connectivity index (χ3v) is 6.70. The number of hydrogen-bond acceptors (Lipinski definition) is 5. The first-order chi connectivity index (χ1) is 14.0. The van der Waals surface area contributed by atoms with Crippen LogP contribution in [-0.2, 0) is 17.8 Å². The lowest BCUT2D eigenvalue weighted by atomic mass is 10.0. The molecule has 0 aliphatic carbocycles. The molecule has 5 rings (SSSR count). The van der Waals surface area contributed by atoms with Crippen LogP contribution in [0.3, 0.4) is 0 Å². The Morgan fingerprint density at radius 1 is 1.30 bits per heavy atom. The van der Waals surface area contributed by atoms with Crippen LogP contribution in [0.25, 0.3) is 21.1 Å². The molecule has 0 saturated carbocycles. The van der Waals surface area contributed by atoms with Crippen LogP contribution in [0.4, 0.5) is 10.8 Å². The van der Waals surface area contributed by atoms with Crippen molar-refractivity contribution >= 4 is 84.8 Å². The van der Waals surface area contributed by atoms with E-state index in [0.717, 1.165) is 45.4 Å². The molecule has 30 heavy (non-hydrogen) atoms. The fraction of sp³-hybridized carbons (Fsp3) is 0.200. The zero-order valence-corrected chi connectivity index (χ0v) is 18.8. The van der Waals surface area contributed by atoms with Crippen molar-refractivity contribution in [3.63, 3.8) is 0 Å². The number of nitrogens with one attached hydrogen (secondary N) is 2. The number of hydrogen-bond donors (Lipinski definition) is 3. The largest absolute Gasteiger partial charge is 0.357 e. The first-order valence-electron chi connectivity index (χ1n) is 9.16. The SMILES string of the molecule is Cl.NCC(=O)Nc1cc(Cl)c2nc(N3CCc4c([nH]c5ccc(Cl)cc45)C3)sc2c1. The number of aromatic nitrogens is 2. The molecule has 0 fully saturated rings. The number of carbonyl (C=O) groups excluding carboxylic acids is 1. The highest BCUT2D eigenvalue weighted by atomic mass is 35.5. The Labute approximate surface area is 192 Å². The number of fused-ring (bicyclic) bond motifs is 4. The van der Waals surface area contributed by atoms with E-state index < -0.39 is 0 Å². The Morgan fingerprint density at radius 3 is 2.93 bits per heavy atom. The summed E-state index contributed by atoms with van der Waals surface area (Å²) in [6, 6.07) is 9.54. The van der Waals surface area contributed by atoms with Crippen LogP contribution >= 0.6 is 46.9 Å². The number of aromatic amines is 1. The van der Waals surface area contributed by atoms with Gasteiger partial charge in [0.05, 0.1) is 22.8 Å². The van der Waals surface area contributed by atoms with E-state index in [1.165, 1.54) is 16.6 Å². The summed E-state index contributed by atoms with van der Waals surface area (Å²) in [4.78, 5) is 22.1. The van der Waals surface area contributed by atoms with Crippen molar-refractivity contribution in [3.05, 3.63) is 51.6 Å². The molecule has 0 saturated heterocycles. The van der Waals surface area contributed by atoms with E-state index in [-0.39, 0.29) is 24.9 Å². The quantitative estimate of drug-likeness (QED) is 0.385. The highest BCUT2D eigenvalue weighted by Gasteiger charge is 2.23. The van der Waals surface area contributed by atoms with Crippen LogP contribution in [0.15, 0.2) is 30.3 Å². The van der Waals surface area contributed by atoms with E-state index in [4.69, 9.17) is 33.9 Å². The summed E-state index contributed by atoms with van der Waals surface area (Å²) in [6.45, 7) is 1.53. The van der Waals surface area contributed by atoms with Crippen LogP contribution in [-0.4, -0.2) is 29.0 Å². The molecule has 1 aliphatic heterocycles. The topological polar surface area (TPSA) is 87.0 Å². The van der Waals surface area contributed by atoms with Gasteiger partial charge < -0.3 is 20.9 Å². The van der Waals surface area contributed by atoms with Crippen molar-refractivity contribution in [3.8, 4) is 0 Å². The van der Waals surface area contributed by atoms with Crippen molar-refractivity contribution in [1.82, 2.24) is 9.97 Å². The second kappa shape index (κ2) is 8.24. The van der Waals surface area contributed by atoms with Gasteiger partial charge in [0.15, 0.2) is 5.13 Å². The van der Waals surface area contributed by atoms with Crippen molar-refractivity contribution in [1.29, 1.82) is 0 Å². The minimum atomic E-state index is -0.257. The van der Waals surface area contributed by atoms with Gasteiger partial charge in [-0.15, -0.1) is 12.4 Å². The van der Waals surface area contributed by atoms with E-state index in [9.17, 15) is 4.79 Å². The van der Waals surface area contributed by atoms with Crippen LogP contribution in [0.2, 0.25) is 10.0 Å². The highest BCUT2D eigenvalue weighted by Crippen LogP contribution is 2.38. The summed E-state index contributed by atoms with van der Waals surface area (Å²) in [5.41, 5.74) is 10.4. The first-order valence-corrected chi connectivity index (χ1v) is 10.7. The zero-order valence-electron chi connectivity index (χ0n) is 15.7.